The third-order valence-corrected chi connectivity index (χ3v) is 28.0. The number of rotatable bonds is 18. The summed E-state index contributed by atoms with van der Waals surface area (Å²) in [6, 6.07) is 21.6. The average molecular weight is 1680 g/mol. The second-order valence-corrected chi connectivity index (χ2v) is 36.5. The lowest BCUT2D eigenvalue weighted by Gasteiger charge is -2.46. The number of anilines is 6. The zero-order valence-electron chi connectivity index (χ0n) is 72.9. The highest BCUT2D eigenvalue weighted by molar-refractivity contribution is 5.85. The number of piperidine rings is 4. The summed E-state index contributed by atoms with van der Waals surface area (Å²) in [4.78, 5) is 55.0. The Morgan fingerprint density at radius 1 is 0.341 bits per heavy atom. The van der Waals surface area contributed by atoms with Gasteiger partial charge in [0, 0.05) is 59.4 Å². The van der Waals surface area contributed by atoms with E-state index in [-0.39, 0.29) is 75.6 Å². The normalized spacial score (nSPS) is 18.8. The standard InChI is InChI=1S/2C32H39F2N7.C31H38F2N8/c2*1-19(2)41-21(4)38-30-25(33)15-24(16-27(30)41)29-26(34)18-37-31(40-29)39-28-6-5-23(17-36-28)20(3)22-7-9-32(10-8-22)11-13-35-14-12-32;1-19(2)41-21(4)37-29-24(32)15-23(16-26(29)41)28-25(33)18-36-30(39-28)38-27-6-5-22(17-35-27)20(3)40-13-9-31(10-14-40)7-11-34-12-8-31/h2*5-6,15-20,22,35H,7-14H2,1-4H3,(H,36,37,39,40);5-6,15-20,34H,7-14H2,1-4H3,(H,35,36,38,39)/t20-;;20-/m0.0/s1. The predicted octanol–water partition coefficient (Wildman–Crippen LogP) is 21.3. The number of fused-ring (bicyclic) bond motifs is 3. The maximum absolute atomic E-state index is 15.0. The largest absolute Gasteiger partial charge is 0.326 e. The molecule has 9 aromatic heterocycles. The number of hydrogen-bond donors (Lipinski definition) is 6. The van der Waals surface area contributed by atoms with Crippen LogP contribution >= 0.6 is 0 Å². The summed E-state index contributed by atoms with van der Waals surface area (Å²) in [7, 11) is 0. The van der Waals surface area contributed by atoms with E-state index in [4.69, 9.17) is 0 Å². The van der Waals surface area contributed by atoms with Crippen molar-refractivity contribution < 1.29 is 26.3 Å². The Hall–Kier alpha value is -10.4. The summed E-state index contributed by atoms with van der Waals surface area (Å²) < 4.78 is 95.6. The third-order valence-electron chi connectivity index (χ3n) is 28.0. The fraction of sp³-hybridized carbons (Fsp3) is 0.495. The van der Waals surface area contributed by atoms with Crippen LogP contribution in [0.5, 0.6) is 0 Å². The van der Waals surface area contributed by atoms with Crippen molar-refractivity contribution in [1.29, 1.82) is 0 Å². The number of hydrogen-bond acceptors (Lipinski definition) is 19. The fourth-order valence-electron chi connectivity index (χ4n) is 20.6. The number of halogens is 6. The lowest BCUT2D eigenvalue weighted by atomic mass is 9.63. The van der Waals surface area contributed by atoms with Crippen molar-refractivity contribution >= 4 is 68.4 Å². The van der Waals surface area contributed by atoms with Crippen LogP contribution in [0.15, 0.2) is 110 Å². The average Bonchev–Trinajstić information content (AvgIpc) is 1.64. The number of pyridine rings is 3. The van der Waals surface area contributed by atoms with E-state index >= 15 is 13.2 Å². The molecule has 648 valence electrons. The number of nitrogens with zero attached hydrogens (tertiary/aromatic N) is 16. The van der Waals surface area contributed by atoms with Crippen molar-refractivity contribution in [3.8, 4) is 33.8 Å². The van der Waals surface area contributed by atoms with Crippen LogP contribution in [-0.2, 0) is 0 Å². The molecule has 3 atom stereocenters. The van der Waals surface area contributed by atoms with Crippen LogP contribution in [0.4, 0.5) is 61.6 Å². The summed E-state index contributed by atoms with van der Waals surface area (Å²) in [5, 5.41) is 19.8. The third kappa shape index (κ3) is 18.6. The molecule has 3 aromatic carbocycles. The molecule has 4 aliphatic heterocycles. The molecule has 12 aromatic rings. The van der Waals surface area contributed by atoms with Gasteiger partial charge in [-0.3, -0.25) is 4.90 Å². The van der Waals surface area contributed by atoms with E-state index in [0.29, 0.717) is 108 Å². The number of likely N-dealkylation sites (tertiary alicyclic amines) is 1. The van der Waals surface area contributed by atoms with Gasteiger partial charge in [0.15, 0.2) is 34.9 Å². The van der Waals surface area contributed by atoms with E-state index in [1.807, 2.05) is 113 Å². The van der Waals surface area contributed by atoms with E-state index in [0.717, 1.165) is 76.5 Å². The molecule has 4 saturated heterocycles. The smallest absolute Gasteiger partial charge is 0.229 e. The van der Waals surface area contributed by atoms with Gasteiger partial charge in [0.25, 0.3) is 0 Å². The molecule has 3 spiro atoms. The van der Waals surface area contributed by atoms with Crippen molar-refractivity contribution in [3.05, 3.63) is 179 Å². The van der Waals surface area contributed by atoms with E-state index in [1.54, 1.807) is 18.2 Å². The van der Waals surface area contributed by atoms with Gasteiger partial charge in [0.2, 0.25) is 17.8 Å². The molecule has 123 heavy (non-hydrogen) atoms. The molecule has 2 aliphatic carbocycles. The fourth-order valence-corrected chi connectivity index (χ4v) is 20.6. The van der Waals surface area contributed by atoms with Crippen LogP contribution in [0.1, 0.15) is 235 Å². The number of aromatic nitrogens is 15. The molecule has 2 saturated carbocycles. The van der Waals surface area contributed by atoms with Crippen LogP contribution in [0.2, 0.25) is 0 Å². The van der Waals surface area contributed by atoms with Crippen LogP contribution in [0.25, 0.3) is 66.9 Å². The minimum atomic E-state index is -0.633. The van der Waals surface area contributed by atoms with E-state index in [9.17, 15) is 13.2 Å². The molecule has 13 heterocycles. The van der Waals surface area contributed by atoms with Crippen molar-refractivity contribution in [2.24, 2.45) is 28.1 Å². The Morgan fingerprint density at radius 3 is 0.919 bits per heavy atom. The predicted molar refractivity (Wildman–Crippen MR) is 474 cm³/mol. The first-order valence-corrected chi connectivity index (χ1v) is 44.4. The molecular weight excluding hydrogens is 1560 g/mol. The van der Waals surface area contributed by atoms with Crippen molar-refractivity contribution in [2.45, 2.75) is 222 Å². The Bertz CT molecular complexity index is 5150. The van der Waals surface area contributed by atoms with Gasteiger partial charge in [-0.1, -0.05) is 32.0 Å². The molecule has 0 radical (unpaired) electrons. The first-order valence-electron chi connectivity index (χ1n) is 44.4. The Morgan fingerprint density at radius 2 is 0.634 bits per heavy atom. The number of benzene rings is 3. The first kappa shape index (κ1) is 86.1. The summed E-state index contributed by atoms with van der Waals surface area (Å²) in [6.07, 6.45) is 29.8. The zero-order chi connectivity index (χ0) is 86.2. The summed E-state index contributed by atoms with van der Waals surface area (Å²) in [5.74, 6) is 3.20. The molecule has 6 aliphatic rings. The van der Waals surface area contributed by atoms with E-state index < -0.39 is 34.9 Å². The van der Waals surface area contributed by atoms with Crippen molar-refractivity contribution in [3.63, 3.8) is 0 Å². The second kappa shape index (κ2) is 36.4. The van der Waals surface area contributed by atoms with E-state index in [1.165, 1.54) is 132 Å². The molecule has 28 heteroatoms. The Labute approximate surface area is 716 Å². The maximum atomic E-state index is 15.0. The topological polar surface area (TPSA) is 245 Å². The molecule has 6 N–H and O–H groups in total. The Kier molecular flexibility index (Phi) is 25.5. The molecule has 0 amide bonds. The molecular formula is C95H116F6N22. The maximum Gasteiger partial charge on any atom is 0.229 e. The number of imidazole rings is 3. The molecule has 22 nitrogen and oxygen atoms in total. The van der Waals surface area contributed by atoms with Crippen molar-refractivity contribution in [2.75, 3.05) is 68.3 Å². The molecule has 0 bridgehead atoms. The second-order valence-electron chi connectivity index (χ2n) is 36.5. The highest BCUT2D eigenvalue weighted by Gasteiger charge is 2.41. The van der Waals surface area contributed by atoms with Crippen LogP contribution in [0, 0.1) is 83.8 Å². The highest BCUT2D eigenvalue weighted by Crippen LogP contribution is 2.51. The summed E-state index contributed by atoms with van der Waals surface area (Å²) >= 11 is 0. The SMILES string of the molecule is Cc1nc2c(F)cc(-c3nc(Nc4ccc(C(C)C5CCC6(CCNCC6)CC5)cn4)ncc3F)cc2n1C(C)C.Cc1nc2c(F)cc(-c3nc(Nc4ccc([C@@H](C)C5CCC6(CCNCC6)CC5)cn4)ncc3F)cc2n1C(C)C.Cc1nc2c(F)cc(-c3nc(Nc4ccc([C@H](C)N5CCC6(CCNCC6)CC5)cn4)ncc3F)cc2n1C(C)C. The lowest BCUT2D eigenvalue weighted by Crippen LogP contribution is -2.46. The number of nitrogens with one attached hydrogen (secondary N) is 6. The monoisotopic (exact) mass is 1680 g/mol. The van der Waals surface area contributed by atoms with Crippen LogP contribution in [-0.4, -0.2) is 131 Å². The quantitative estimate of drug-likeness (QED) is 0.0437. The molecule has 1 unspecified atom stereocenters. The van der Waals surface area contributed by atoms with Gasteiger partial charge in [-0.15, -0.1) is 0 Å². The van der Waals surface area contributed by atoms with E-state index in [2.05, 4.69) is 136 Å². The molecule has 18 rings (SSSR count). The summed E-state index contributed by atoms with van der Waals surface area (Å²) in [5.41, 5.74) is 8.90. The zero-order valence-corrected chi connectivity index (χ0v) is 72.9. The Balaban J connectivity index is 0.000000137. The van der Waals surface area contributed by atoms with Gasteiger partial charge < -0.3 is 45.6 Å². The van der Waals surface area contributed by atoms with Gasteiger partial charge in [-0.2, -0.15) is 0 Å². The van der Waals surface area contributed by atoms with Crippen LogP contribution < -0.4 is 31.9 Å². The van der Waals surface area contributed by atoms with Crippen LogP contribution in [0.3, 0.4) is 0 Å². The first-order chi connectivity index (χ1) is 59.2. The van der Waals surface area contributed by atoms with Gasteiger partial charge >= 0.3 is 0 Å². The summed E-state index contributed by atoms with van der Waals surface area (Å²) in [6.45, 7) is 33.5. The van der Waals surface area contributed by atoms with Crippen molar-refractivity contribution in [1.82, 2.24) is 94.4 Å². The minimum Gasteiger partial charge on any atom is -0.326 e. The lowest BCUT2D eigenvalue weighted by molar-refractivity contribution is 0.0538. The van der Waals surface area contributed by atoms with Gasteiger partial charge in [-0.05, 0) is 336 Å². The minimum absolute atomic E-state index is 0.0133. The highest BCUT2D eigenvalue weighted by atomic mass is 19.1. The van der Waals surface area contributed by atoms with Gasteiger partial charge in [0.1, 0.15) is 68.6 Å². The molecule has 6 fully saturated rings. The van der Waals surface area contributed by atoms with Gasteiger partial charge in [-0.25, -0.2) is 86.2 Å². The van der Waals surface area contributed by atoms with Gasteiger partial charge in [0.05, 0.1) is 35.1 Å². The number of aryl methyl sites for hydroxylation is 3.